The Morgan fingerprint density at radius 2 is 2.25 bits per heavy atom. The molecule has 0 aromatic carbocycles. The molecule has 0 radical (unpaired) electrons. The number of amides is 1. The van der Waals surface area contributed by atoms with E-state index in [1.807, 2.05) is 11.0 Å². The van der Waals surface area contributed by atoms with Gasteiger partial charge in [0, 0.05) is 22.8 Å². The predicted molar refractivity (Wildman–Crippen MR) is 71.6 cm³/mol. The lowest BCUT2D eigenvalue weighted by Gasteiger charge is -2.20. The lowest BCUT2D eigenvalue weighted by molar-refractivity contribution is 0.0759. The third-order valence-electron chi connectivity index (χ3n) is 2.95. The maximum Gasteiger partial charge on any atom is 0.264 e. The molecule has 1 fully saturated rings. The molecule has 0 bridgehead atoms. The third-order valence-corrected chi connectivity index (χ3v) is 4.45. The average Bonchev–Trinajstić information content (AvgIpc) is 3.02. The topological polar surface area (TPSA) is 20.3 Å². The first-order valence-electron chi connectivity index (χ1n) is 5.57. The van der Waals surface area contributed by atoms with Gasteiger partial charge in [-0.05, 0) is 38.3 Å². The molecule has 4 heteroatoms. The zero-order valence-electron chi connectivity index (χ0n) is 9.62. The van der Waals surface area contributed by atoms with Gasteiger partial charge in [-0.25, -0.2) is 0 Å². The second-order valence-corrected chi connectivity index (χ2v) is 6.32. The van der Waals surface area contributed by atoms with Crippen LogP contribution in [-0.4, -0.2) is 28.7 Å². The molecule has 0 aliphatic heterocycles. The molecule has 1 heterocycles. The summed E-state index contributed by atoms with van der Waals surface area (Å²) in [5.74, 6) is 0.211. The van der Waals surface area contributed by atoms with Crippen LogP contribution in [0, 0.1) is 13.8 Å². The Bertz CT molecular complexity index is 378. The highest BCUT2D eigenvalue weighted by atomic mass is 79.9. The molecule has 0 N–H and O–H groups in total. The van der Waals surface area contributed by atoms with Crippen LogP contribution in [-0.2, 0) is 0 Å². The van der Waals surface area contributed by atoms with Crippen LogP contribution in [0.2, 0.25) is 0 Å². The van der Waals surface area contributed by atoms with E-state index in [0.29, 0.717) is 6.04 Å². The smallest absolute Gasteiger partial charge is 0.264 e. The van der Waals surface area contributed by atoms with Gasteiger partial charge in [0.2, 0.25) is 0 Å². The molecule has 1 saturated carbocycles. The summed E-state index contributed by atoms with van der Waals surface area (Å²) in [5.41, 5.74) is 1.22. The number of aryl methyl sites for hydroxylation is 2. The largest absolute Gasteiger partial charge is 0.334 e. The normalized spacial score (nSPS) is 15.2. The van der Waals surface area contributed by atoms with Gasteiger partial charge in [-0.15, -0.1) is 11.3 Å². The molecule has 1 aromatic rings. The van der Waals surface area contributed by atoms with Gasteiger partial charge in [0.05, 0.1) is 4.88 Å². The van der Waals surface area contributed by atoms with Gasteiger partial charge >= 0.3 is 0 Å². The fourth-order valence-corrected chi connectivity index (χ4v) is 3.12. The fraction of sp³-hybridized carbons (Fsp3) is 0.583. The summed E-state index contributed by atoms with van der Waals surface area (Å²) in [7, 11) is 0. The minimum absolute atomic E-state index is 0.211. The van der Waals surface area contributed by atoms with Crippen LogP contribution in [0.4, 0.5) is 0 Å². The number of hydrogen-bond donors (Lipinski definition) is 0. The molecule has 16 heavy (non-hydrogen) atoms. The van der Waals surface area contributed by atoms with Gasteiger partial charge in [0.25, 0.3) is 5.91 Å². The summed E-state index contributed by atoms with van der Waals surface area (Å²) in [6.45, 7) is 4.96. The highest BCUT2D eigenvalue weighted by Crippen LogP contribution is 2.30. The van der Waals surface area contributed by atoms with E-state index in [4.69, 9.17) is 0 Å². The Hall–Kier alpha value is -0.350. The summed E-state index contributed by atoms with van der Waals surface area (Å²) < 4.78 is 0. The van der Waals surface area contributed by atoms with E-state index >= 15 is 0 Å². The molecule has 1 aliphatic carbocycles. The molecule has 0 unspecified atom stereocenters. The maximum atomic E-state index is 12.3. The van der Waals surface area contributed by atoms with E-state index in [1.54, 1.807) is 11.3 Å². The van der Waals surface area contributed by atoms with E-state index in [1.165, 1.54) is 23.3 Å². The van der Waals surface area contributed by atoms with Crippen molar-refractivity contribution < 1.29 is 4.79 Å². The van der Waals surface area contributed by atoms with Crippen molar-refractivity contribution in [2.24, 2.45) is 0 Å². The van der Waals surface area contributed by atoms with E-state index in [2.05, 4.69) is 29.8 Å². The summed E-state index contributed by atoms with van der Waals surface area (Å²) >= 11 is 5.03. The quantitative estimate of drug-likeness (QED) is 0.781. The number of nitrogens with zero attached hydrogens (tertiary/aromatic N) is 1. The maximum absolute atomic E-state index is 12.3. The van der Waals surface area contributed by atoms with E-state index in [9.17, 15) is 4.79 Å². The van der Waals surface area contributed by atoms with Crippen LogP contribution in [0.5, 0.6) is 0 Å². The molecule has 0 spiro atoms. The lowest BCUT2D eigenvalue weighted by atomic mass is 10.2. The summed E-state index contributed by atoms with van der Waals surface area (Å²) in [6, 6.07) is 2.51. The second-order valence-electron chi connectivity index (χ2n) is 4.27. The van der Waals surface area contributed by atoms with Crippen molar-refractivity contribution in [1.29, 1.82) is 0 Å². The monoisotopic (exact) mass is 301 g/mol. The van der Waals surface area contributed by atoms with Crippen molar-refractivity contribution >= 4 is 33.2 Å². The number of alkyl halides is 1. The minimum Gasteiger partial charge on any atom is -0.334 e. The van der Waals surface area contributed by atoms with Crippen molar-refractivity contribution in [1.82, 2.24) is 4.90 Å². The Kier molecular flexibility index (Phi) is 3.70. The van der Waals surface area contributed by atoms with Crippen molar-refractivity contribution in [3.63, 3.8) is 0 Å². The predicted octanol–water partition coefficient (Wildman–Crippen LogP) is 3.36. The van der Waals surface area contributed by atoms with Crippen LogP contribution in [0.15, 0.2) is 6.07 Å². The fourth-order valence-electron chi connectivity index (χ4n) is 1.75. The Morgan fingerprint density at radius 1 is 1.56 bits per heavy atom. The van der Waals surface area contributed by atoms with Crippen molar-refractivity contribution in [3.8, 4) is 0 Å². The molecule has 1 aromatic heterocycles. The van der Waals surface area contributed by atoms with Crippen LogP contribution < -0.4 is 0 Å². The van der Waals surface area contributed by atoms with Gasteiger partial charge in [0.15, 0.2) is 0 Å². The molecular weight excluding hydrogens is 286 g/mol. The van der Waals surface area contributed by atoms with E-state index in [-0.39, 0.29) is 5.91 Å². The van der Waals surface area contributed by atoms with Crippen molar-refractivity contribution in [2.75, 3.05) is 11.9 Å². The Morgan fingerprint density at radius 3 is 2.69 bits per heavy atom. The number of hydrogen-bond acceptors (Lipinski definition) is 2. The molecule has 1 amide bonds. The average molecular weight is 302 g/mol. The lowest BCUT2D eigenvalue weighted by Crippen LogP contribution is -2.34. The summed E-state index contributed by atoms with van der Waals surface area (Å²) in [6.07, 6.45) is 2.34. The third kappa shape index (κ3) is 2.48. The zero-order chi connectivity index (χ0) is 11.7. The first-order valence-corrected chi connectivity index (χ1v) is 7.51. The SMILES string of the molecule is Cc1cc(C(=O)N(CCBr)C2CC2)sc1C. The first kappa shape index (κ1) is 12.1. The van der Waals surface area contributed by atoms with Crippen molar-refractivity contribution in [3.05, 3.63) is 21.4 Å². The molecule has 0 atom stereocenters. The zero-order valence-corrected chi connectivity index (χ0v) is 12.0. The number of thiophene rings is 1. The first-order chi connectivity index (χ1) is 7.63. The molecule has 88 valence electrons. The Labute approximate surface area is 109 Å². The molecule has 0 saturated heterocycles. The molecular formula is C12H16BrNOS. The molecule has 2 rings (SSSR count). The summed E-state index contributed by atoms with van der Waals surface area (Å²) in [4.78, 5) is 16.5. The number of halogens is 1. The molecule has 1 aliphatic rings. The van der Waals surface area contributed by atoms with Gasteiger partial charge in [-0.2, -0.15) is 0 Å². The highest BCUT2D eigenvalue weighted by molar-refractivity contribution is 9.09. The van der Waals surface area contributed by atoms with Crippen LogP contribution in [0.1, 0.15) is 33.0 Å². The van der Waals surface area contributed by atoms with Gasteiger partial charge in [-0.1, -0.05) is 15.9 Å². The van der Waals surface area contributed by atoms with Crippen molar-refractivity contribution in [2.45, 2.75) is 32.7 Å². The summed E-state index contributed by atoms with van der Waals surface area (Å²) in [5, 5.41) is 0.860. The number of carbonyl (C=O) groups excluding carboxylic acids is 1. The number of carbonyl (C=O) groups is 1. The highest BCUT2D eigenvalue weighted by Gasteiger charge is 2.33. The minimum atomic E-state index is 0.211. The van der Waals surface area contributed by atoms with Gasteiger partial charge < -0.3 is 4.90 Å². The van der Waals surface area contributed by atoms with Crippen LogP contribution >= 0.6 is 27.3 Å². The van der Waals surface area contributed by atoms with Crippen LogP contribution in [0.3, 0.4) is 0 Å². The second kappa shape index (κ2) is 4.88. The Balaban J connectivity index is 2.15. The van der Waals surface area contributed by atoms with Crippen LogP contribution in [0.25, 0.3) is 0 Å². The van der Waals surface area contributed by atoms with Gasteiger partial charge in [0.1, 0.15) is 0 Å². The van der Waals surface area contributed by atoms with E-state index in [0.717, 1.165) is 16.8 Å². The van der Waals surface area contributed by atoms with Gasteiger partial charge in [-0.3, -0.25) is 4.79 Å². The van der Waals surface area contributed by atoms with E-state index < -0.39 is 0 Å². The standard InChI is InChI=1S/C12H16BrNOS/c1-8-7-11(16-9(8)2)12(15)14(6-5-13)10-3-4-10/h7,10H,3-6H2,1-2H3. The molecule has 2 nitrogen and oxygen atoms in total. The number of rotatable bonds is 4.